The molecule has 1 fully saturated rings. The number of piperazine rings is 1. The van der Waals surface area contributed by atoms with Crippen LogP contribution in [0.2, 0.25) is 0 Å². The third-order valence-corrected chi connectivity index (χ3v) is 5.48. The number of nitrogens with zero attached hydrogens (tertiary/aromatic N) is 2. The van der Waals surface area contributed by atoms with E-state index in [1.165, 1.54) is 11.6 Å². The molecule has 0 radical (unpaired) electrons. The van der Waals surface area contributed by atoms with Gasteiger partial charge in [-0.15, -0.1) is 0 Å². The minimum atomic E-state index is -0.246. The van der Waals surface area contributed by atoms with Crippen molar-refractivity contribution in [2.75, 3.05) is 32.7 Å². The average molecular weight is 384 g/mol. The third-order valence-electron chi connectivity index (χ3n) is 5.48. The molecule has 28 heavy (non-hydrogen) atoms. The molecule has 2 aromatic carbocycles. The molecule has 1 saturated heterocycles. The molecule has 1 N–H and O–H groups in total. The van der Waals surface area contributed by atoms with Crippen LogP contribution in [0, 0.1) is 5.82 Å². The predicted octanol–water partition coefficient (Wildman–Crippen LogP) is 3.21. The molecule has 5 heteroatoms. The molecule has 1 heterocycles. The number of nitrogens with one attached hydrogen (secondary N) is 1. The number of hydrogen-bond donors (Lipinski definition) is 1. The minimum Gasteiger partial charge on any atom is -0.352 e. The molecule has 0 atom stereocenters. The van der Waals surface area contributed by atoms with Crippen LogP contribution >= 0.6 is 0 Å². The normalized spacial score (nSPS) is 15.5. The first-order valence-corrected chi connectivity index (χ1v) is 10.2. The topological polar surface area (TPSA) is 35.6 Å². The average Bonchev–Trinajstić information content (AvgIpc) is 2.73. The Bertz CT molecular complexity index is 772. The first-order chi connectivity index (χ1) is 13.7. The molecule has 0 spiro atoms. The van der Waals surface area contributed by atoms with Gasteiger partial charge in [0.05, 0.1) is 0 Å². The zero-order valence-corrected chi connectivity index (χ0v) is 16.7. The summed E-state index contributed by atoms with van der Waals surface area (Å²) in [6.45, 7) is 9.15. The van der Waals surface area contributed by atoms with Gasteiger partial charge in [0.1, 0.15) is 5.82 Å². The highest BCUT2D eigenvalue weighted by Gasteiger charge is 2.16. The fourth-order valence-corrected chi connectivity index (χ4v) is 3.62. The zero-order chi connectivity index (χ0) is 19.8. The second-order valence-corrected chi connectivity index (χ2v) is 7.35. The van der Waals surface area contributed by atoms with Gasteiger partial charge in [-0.2, -0.15) is 0 Å². The monoisotopic (exact) mass is 383 g/mol. The number of carbonyl (C=O) groups is 1. The first kappa shape index (κ1) is 20.5. The maximum atomic E-state index is 13.7. The van der Waals surface area contributed by atoms with Gasteiger partial charge in [0.2, 0.25) is 5.91 Å². The number of carbonyl (C=O) groups excluding carboxylic acids is 1. The van der Waals surface area contributed by atoms with Gasteiger partial charge in [0.15, 0.2) is 0 Å². The van der Waals surface area contributed by atoms with Gasteiger partial charge in [0.25, 0.3) is 0 Å². The van der Waals surface area contributed by atoms with E-state index in [1.807, 2.05) is 6.07 Å². The van der Waals surface area contributed by atoms with Crippen LogP contribution in [0.5, 0.6) is 0 Å². The predicted molar refractivity (Wildman–Crippen MR) is 110 cm³/mol. The maximum Gasteiger partial charge on any atom is 0.220 e. The Balaban J connectivity index is 1.49. The lowest BCUT2D eigenvalue weighted by atomic mass is 10.1. The zero-order valence-electron chi connectivity index (χ0n) is 16.7. The van der Waals surface area contributed by atoms with Crippen molar-refractivity contribution in [3.05, 3.63) is 71.0 Å². The van der Waals surface area contributed by atoms with E-state index in [-0.39, 0.29) is 11.7 Å². The second kappa shape index (κ2) is 10.3. The molecular formula is C23H30FN3O. The summed E-state index contributed by atoms with van der Waals surface area (Å²) in [7, 11) is 0. The summed E-state index contributed by atoms with van der Waals surface area (Å²) in [5.74, 6) is -0.293. The van der Waals surface area contributed by atoms with E-state index in [9.17, 15) is 9.18 Å². The fourth-order valence-electron chi connectivity index (χ4n) is 3.62. The van der Waals surface area contributed by atoms with Gasteiger partial charge in [-0.3, -0.25) is 9.69 Å². The molecule has 3 rings (SSSR count). The summed E-state index contributed by atoms with van der Waals surface area (Å²) in [5, 5.41) is 2.99. The van der Waals surface area contributed by atoms with Crippen LogP contribution < -0.4 is 5.32 Å². The smallest absolute Gasteiger partial charge is 0.220 e. The molecule has 2 aromatic rings. The van der Waals surface area contributed by atoms with E-state index < -0.39 is 0 Å². The Morgan fingerprint density at radius 2 is 1.54 bits per heavy atom. The van der Waals surface area contributed by atoms with Gasteiger partial charge in [-0.1, -0.05) is 49.4 Å². The number of hydrogen-bond acceptors (Lipinski definition) is 3. The van der Waals surface area contributed by atoms with Gasteiger partial charge in [-0.05, 0) is 35.7 Å². The summed E-state index contributed by atoms with van der Waals surface area (Å²) in [6, 6.07) is 14.9. The van der Waals surface area contributed by atoms with Crippen molar-refractivity contribution in [3.63, 3.8) is 0 Å². The quantitative estimate of drug-likeness (QED) is 0.760. The Hall–Kier alpha value is -2.24. The van der Waals surface area contributed by atoms with Gasteiger partial charge < -0.3 is 10.2 Å². The highest BCUT2D eigenvalue weighted by atomic mass is 19.1. The van der Waals surface area contributed by atoms with Crippen molar-refractivity contribution < 1.29 is 9.18 Å². The molecule has 0 saturated carbocycles. The third kappa shape index (κ3) is 5.88. The largest absolute Gasteiger partial charge is 0.352 e. The molecular weight excluding hydrogens is 353 g/mol. The molecule has 1 amide bonds. The second-order valence-electron chi connectivity index (χ2n) is 7.35. The Labute approximate surface area is 167 Å². The molecule has 0 bridgehead atoms. The van der Waals surface area contributed by atoms with Crippen LogP contribution in [0.3, 0.4) is 0 Å². The lowest BCUT2D eigenvalue weighted by Gasteiger charge is -2.34. The summed E-state index contributed by atoms with van der Waals surface area (Å²) >= 11 is 0. The Morgan fingerprint density at radius 1 is 0.929 bits per heavy atom. The first-order valence-electron chi connectivity index (χ1n) is 10.2. The van der Waals surface area contributed by atoms with Crippen LogP contribution in [0.15, 0.2) is 48.5 Å². The summed E-state index contributed by atoms with van der Waals surface area (Å²) in [4.78, 5) is 17.2. The molecule has 0 aromatic heterocycles. The number of halogens is 1. The minimum absolute atomic E-state index is 0.0467. The molecule has 4 nitrogen and oxygen atoms in total. The SMILES string of the molecule is CCN1CCN(Cc2ccccc2CNC(=O)CCc2ccccc2F)CC1. The van der Waals surface area contributed by atoms with E-state index in [1.54, 1.807) is 18.2 Å². The van der Waals surface area contributed by atoms with Crippen LogP contribution in [0.4, 0.5) is 4.39 Å². The van der Waals surface area contributed by atoms with E-state index in [2.05, 4.69) is 40.2 Å². The summed E-state index contributed by atoms with van der Waals surface area (Å²) in [6.07, 6.45) is 0.712. The van der Waals surface area contributed by atoms with Crippen molar-refractivity contribution in [2.45, 2.75) is 32.9 Å². The lowest BCUT2D eigenvalue weighted by Crippen LogP contribution is -2.45. The van der Waals surface area contributed by atoms with E-state index in [4.69, 9.17) is 0 Å². The summed E-state index contributed by atoms with van der Waals surface area (Å²) < 4.78 is 13.7. The van der Waals surface area contributed by atoms with Crippen molar-refractivity contribution in [1.82, 2.24) is 15.1 Å². The number of likely N-dealkylation sites (N-methyl/N-ethyl adjacent to an activating group) is 1. The van der Waals surface area contributed by atoms with Gasteiger partial charge in [-0.25, -0.2) is 4.39 Å². The fraction of sp³-hybridized carbons (Fsp3) is 0.435. The number of benzene rings is 2. The molecule has 1 aliphatic rings. The number of aryl methyl sites for hydroxylation is 1. The van der Waals surface area contributed by atoms with Crippen molar-refractivity contribution in [2.24, 2.45) is 0 Å². The Morgan fingerprint density at radius 3 is 2.21 bits per heavy atom. The molecule has 150 valence electrons. The van der Waals surface area contributed by atoms with Crippen LogP contribution in [0.1, 0.15) is 30.0 Å². The summed E-state index contributed by atoms with van der Waals surface area (Å²) in [5.41, 5.74) is 3.01. The van der Waals surface area contributed by atoms with Crippen molar-refractivity contribution in [3.8, 4) is 0 Å². The maximum absolute atomic E-state index is 13.7. The molecule has 0 unspecified atom stereocenters. The van der Waals surface area contributed by atoms with Crippen molar-refractivity contribution >= 4 is 5.91 Å². The lowest BCUT2D eigenvalue weighted by molar-refractivity contribution is -0.121. The van der Waals surface area contributed by atoms with Crippen LogP contribution in [-0.4, -0.2) is 48.4 Å². The van der Waals surface area contributed by atoms with E-state index >= 15 is 0 Å². The van der Waals surface area contributed by atoms with Crippen LogP contribution in [-0.2, 0) is 24.3 Å². The molecule has 1 aliphatic heterocycles. The van der Waals surface area contributed by atoms with Crippen molar-refractivity contribution in [1.29, 1.82) is 0 Å². The van der Waals surface area contributed by atoms with Crippen LogP contribution in [0.25, 0.3) is 0 Å². The highest BCUT2D eigenvalue weighted by molar-refractivity contribution is 5.76. The highest BCUT2D eigenvalue weighted by Crippen LogP contribution is 2.14. The van der Waals surface area contributed by atoms with E-state index in [0.717, 1.165) is 44.8 Å². The Kier molecular flexibility index (Phi) is 7.57. The number of amides is 1. The van der Waals surface area contributed by atoms with E-state index in [0.29, 0.717) is 24.9 Å². The van der Waals surface area contributed by atoms with Gasteiger partial charge in [0, 0.05) is 45.7 Å². The van der Waals surface area contributed by atoms with Gasteiger partial charge >= 0.3 is 0 Å². The molecule has 0 aliphatic carbocycles. The number of rotatable bonds is 8. The standard InChI is InChI=1S/C23H30FN3O/c1-2-26-13-15-27(16-14-26)18-21-9-4-3-8-20(21)17-25-23(28)12-11-19-7-5-6-10-22(19)24/h3-10H,2,11-18H2,1H3,(H,25,28).